The van der Waals surface area contributed by atoms with Gasteiger partial charge in [0.05, 0.1) is 6.54 Å². The molecule has 128 valence electrons. The summed E-state index contributed by atoms with van der Waals surface area (Å²) in [6.45, 7) is 2.86. The van der Waals surface area contributed by atoms with Crippen LogP contribution in [0.3, 0.4) is 0 Å². The molecule has 1 atom stereocenters. The molecule has 2 amide bonds. The van der Waals surface area contributed by atoms with Gasteiger partial charge in [-0.15, -0.1) is 0 Å². The van der Waals surface area contributed by atoms with Gasteiger partial charge in [0, 0.05) is 25.7 Å². The lowest BCUT2D eigenvalue weighted by atomic mass is 10.1. The van der Waals surface area contributed by atoms with Crippen LogP contribution in [0.15, 0.2) is 18.2 Å². The molecule has 0 unspecified atom stereocenters. The van der Waals surface area contributed by atoms with Gasteiger partial charge >= 0.3 is 6.03 Å². The minimum atomic E-state index is -0.748. The summed E-state index contributed by atoms with van der Waals surface area (Å²) in [7, 11) is 4.04. The van der Waals surface area contributed by atoms with Gasteiger partial charge in [0.25, 0.3) is 0 Å². The number of rotatable bonds is 6. The molecule has 1 aliphatic heterocycles. The van der Waals surface area contributed by atoms with E-state index < -0.39 is 11.6 Å². The number of nitrogens with zero attached hydrogens (tertiary/aromatic N) is 2. The van der Waals surface area contributed by atoms with E-state index >= 15 is 0 Å². The first-order valence-electron chi connectivity index (χ1n) is 7.71. The van der Waals surface area contributed by atoms with Gasteiger partial charge in [0.15, 0.2) is 11.6 Å². The Morgan fingerprint density at radius 1 is 1.43 bits per heavy atom. The number of urea groups is 1. The Labute approximate surface area is 135 Å². The van der Waals surface area contributed by atoms with Crippen molar-refractivity contribution in [1.29, 1.82) is 0 Å². The number of ether oxygens (including phenoxy) is 1. The van der Waals surface area contributed by atoms with Gasteiger partial charge in [-0.3, -0.25) is 0 Å². The molecule has 0 aromatic heterocycles. The third-order valence-electron chi connectivity index (χ3n) is 3.73. The molecule has 2 rings (SSSR count). The maximum Gasteiger partial charge on any atom is 0.317 e. The lowest BCUT2D eigenvalue weighted by molar-refractivity contribution is 0.201. The van der Waals surface area contributed by atoms with Crippen LogP contribution in [0.2, 0.25) is 0 Å². The number of likely N-dealkylation sites (tertiary alicyclic amines) is 1. The van der Waals surface area contributed by atoms with E-state index in [1.807, 2.05) is 14.1 Å². The molecule has 5 nitrogen and oxygen atoms in total. The van der Waals surface area contributed by atoms with Gasteiger partial charge in [-0.25, -0.2) is 13.6 Å². The van der Waals surface area contributed by atoms with Crippen molar-refractivity contribution < 1.29 is 18.3 Å². The van der Waals surface area contributed by atoms with Crippen LogP contribution in [0, 0.1) is 17.6 Å². The Morgan fingerprint density at radius 3 is 2.91 bits per heavy atom. The van der Waals surface area contributed by atoms with E-state index in [1.54, 1.807) is 4.90 Å². The predicted molar refractivity (Wildman–Crippen MR) is 83.5 cm³/mol. The predicted octanol–water partition coefficient (Wildman–Crippen LogP) is 1.94. The zero-order chi connectivity index (χ0) is 16.8. The highest BCUT2D eigenvalue weighted by atomic mass is 19.1. The molecule has 7 heteroatoms. The first-order chi connectivity index (χ1) is 11.0. The zero-order valence-electron chi connectivity index (χ0n) is 13.5. The minimum absolute atomic E-state index is 0.0205. The SMILES string of the molecule is CN(C)C[C@@H]1CCN(C(=O)NCCOc2ccc(F)cc2F)C1. The van der Waals surface area contributed by atoms with E-state index in [2.05, 4.69) is 10.2 Å². The molecule has 23 heavy (non-hydrogen) atoms. The monoisotopic (exact) mass is 327 g/mol. The quantitative estimate of drug-likeness (QED) is 0.812. The summed E-state index contributed by atoms with van der Waals surface area (Å²) in [6.07, 6.45) is 1.00. The number of amides is 2. The van der Waals surface area contributed by atoms with Gasteiger partial charge in [0.2, 0.25) is 0 Å². The smallest absolute Gasteiger partial charge is 0.317 e. The number of carbonyl (C=O) groups excluding carboxylic acids is 1. The summed E-state index contributed by atoms with van der Waals surface area (Å²) in [6, 6.07) is 3.00. The van der Waals surface area contributed by atoms with Crippen LogP contribution in [0.25, 0.3) is 0 Å². The first-order valence-corrected chi connectivity index (χ1v) is 7.71. The molecule has 0 aliphatic carbocycles. The maximum atomic E-state index is 13.4. The van der Waals surface area contributed by atoms with E-state index in [0.717, 1.165) is 38.2 Å². The van der Waals surface area contributed by atoms with Crippen molar-refractivity contribution >= 4 is 6.03 Å². The second-order valence-electron chi connectivity index (χ2n) is 6.02. The van der Waals surface area contributed by atoms with Crippen molar-refractivity contribution in [2.24, 2.45) is 5.92 Å². The van der Waals surface area contributed by atoms with Crippen molar-refractivity contribution in [3.05, 3.63) is 29.8 Å². The average Bonchev–Trinajstić information content (AvgIpc) is 2.93. The van der Waals surface area contributed by atoms with Crippen LogP contribution >= 0.6 is 0 Å². The lowest BCUT2D eigenvalue weighted by Gasteiger charge is -2.19. The summed E-state index contributed by atoms with van der Waals surface area (Å²) >= 11 is 0. The summed E-state index contributed by atoms with van der Waals surface area (Å²) in [5.41, 5.74) is 0. The molecule has 1 N–H and O–H groups in total. The van der Waals surface area contributed by atoms with Crippen LogP contribution in [0.4, 0.5) is 13.6 Å². The van der Waals surface area contributed by atoms with Gasteiger partial charge in [0.1, 0.15) is 12.4 Å². The van der Waals surface area contributed by atoms with Crippen LogP contribution in [-0.2, 0) is 0 Å². The molecule has 0 saturated carbocycles. The van der Waals surface area contributed by atoms with E-state index in [9.17, 15) is 13.6 Å². The highest BCUT2D eigenvalue weighted by Gasteiger charge is 2.26. The highest BCUT2D eigenvalue weighted by molar-refractivity contribution is 5.74. The van der Waals surface area contributed by atoms with Crippen LogP contribution in [0.1, 0.15) is 6.42 Å². The minimum Gasteiger partial charge on any atom is -0.489 e. The third kappa shape index (κ3) is 5.35. The lowest BCUT2D eigenvalue weighted by Crippen LogP contribution is -2.40. The van der Waals surface area contributed by atoms with E-state index in [0.29, 0.717) is 5.92 Å². The normalized spacial score (nSPS) is 17.6. The summed E-state index contributed by atoms with van der Waals surface area (Å²) in [5.74, 6) is -0.917. The standard InChI is InChI=1S/C16H23F2N3O2/c1-20(2)10-12-5-7-21(11-12)16(22)19-6-8-23-15-4-3-13(17)9-14(15)18/h3-4,9,12H,5-8,10-11H2,1-2H3,(H,19,22)/t12-/m0/s1. The number of hydrogen-bond acceptors (Lipinski definition) is 3. The van der Waals surface area contributed by atoms with Crippen molar-refractivity contribution in [2.45, 2.75) is 6.42 Å². The second-order valence-corrected chi connectivity index (χ2v) is 6.02. The second kappa shape index (κ2) is 8.10. The third-order valence-corrected chi connectivity index (χ3v) is 3.73. The van der Waals surface area contributed by atoms with Crippen molar-refractivity contribution in [2.75, 3.05) is 46.9 Å². The molecular formula is C16H23F2N3O2. The molecule has 0 bridgehead atoms. The molecule has 1 heterocycles. The van der Waals surface area contributed by atoms with Crippen LogP contribution < -0.4 is 10.1 Å². The Hall–Kier alpha value is -1.89. The Morgan fingerprint density at radius 2 is 2.22 bits per heavy atom. The van der Waals surface area contributed by atoms with Crippen LogP contribution in [0.5, 0.6) is 5.75 Å². The van der Waals surface area contributed by atoms with E-state index in [4.69, 9.17) is 4.74 Å². The van der Waals surface area contributed by atoms with E-state index in [1.165, 1.54) is 6.07 Å². The Bertz CT molecular complexity index is 540. The number of nitrogens with one attached hydrogen (secondary N) is 1. The Kier molecular flexibility index (Phi) is 6.15. The molecule has 1 aliphatic rings. The fourth-order valence-electron chi connectivity index (χ4n) is 2.71. The fraction of sp³-hybridized carbons (Fsp3) is 0.562. The molecule has 1 saturated heterocycles. The van der Waals surface area contributed by atoms with Gasteiger partial charge in [-0.1, -0.05) is 0 Å². The maximum absolute atomic E-state index is 13.4. The molecule has 0 radical (unpaired) electrons. The number of halogens is 2. The van der Waals surface area contributed by atoms with Gasteiger partial charge < -0.3 is 19.9 Å². The van der Waals surface area contributed by atoms with Crippen molar-refractivity contribution in [1.82, 2.24) is 15.1 Å². The summed E-state index contributed by atoms with van der Waals surface area (Å²) in [4.78, 5) is 15.9. The molecular weight excluding hydrogens is 304 g/mol. The first kappa shape index (κ1) is 17.5. The van der Waals surface area contributed by atoms with E-state index in [-0.39, 0.29) is 24.9 Å². The van der Waals surface area contributed by atoms with Crippen molar-refractivity contribution in [3.63, 3.8) is 0 Å². The largest absolute Gasteiger partial charge is 0.489 e. The molecule has 1 aromatic rings. The highest BCUT2D eigenvalue weighted by Crippen LogP contribution is 2.18. The van der Waals surface area contributed by atoms with Gasteiger partial charge in [-0.2, -0.15) is 0 Å². The fourth-order valence-corrected chi connectivity index (χ4v) is 2.71. The summed E-state index contributed by atoms with van der Waals surface area (Å²) < 4.78 is 31.3. The van der Waals surface area contributed by atoms with Crippen molar-refractivity contribution in [3.8, 4) is 5.75 Å². The number of carbonyl (C=O) groups is 1. The molecule has 1 aromatic carbocycles. The topological polar surface area (TPSA) is 44.8 Å². The molecule has 1 fully saturated rings. The number of hydrogen-bond donors (Lipinski definition) is 1. The Balaban J connectivity index is 1.67. The molecule has 0 spiro atoms. The average molecular weight is 327 g/mol. The number of benzene rings is 1. The van der Waals surface area contributed by atoms with Gasteiger partial charge in [-0.05, 0) is 38.6 Å². The van der Waals surface area contributed by atoms with Crippen LogP contribution in [-0.4, -0.2) is 62.7 Å². The zero-order valence-corrected chi connectivity index (χ0v) is 13.5. The summed E-state index contributed by atoms with van der Waals surface area (Å²) in [5, 5.41) is 2.75.